The summed E-state index contributed by atoms with van der Waals surface area (Å²) in [6.45, 7) is 23.7. The van der Waals surface area contributed by atoms with E-state index in [1.165, 1.54) is 26.0 Å². The van der Waals surface area contributed by atoms with E-state index in [2.05, 4.69) is 64.6 Å². The number of carbonyl (C=O) groups is 3. The van der Waals surface area contributed by atoms with E-state index in [-0.39, 0.29) is 11.9 Å². The first-order valence-corrected chi connectivity index (χ1v) is 15.0. The van der Waals surface area contributed by atoms with Crippen molar-refractivity contribution in [2.75, 3.05) is 34.4 Å². The van der Waals surface area contributed by atoms with Crippen molar-refractivity contribution in [3.8, 4) is 5.75 Å². The summed E-state index contributed by atoms with van der Waals surface area (Å²) in [6, 6.07) is 8.01. The zero-order valence-electron chi connectivity index (χ0n) is 29.2. The smallest absolute Gasteiger partial charge is 0.260 e. The number of hydroxylamine groups is 1. The van der Waals surface area contributed by atoms with Gasteiger partial charge in [-0.05, 0) is 84.3 Å². The number of aryl methyl sites for hydroxylation is 1. The van der Waals surface area contributed by atoms with Gasteiger partial charge in [0.25, 0.3) is 5.91 Å². The van der Waals surface area contributed by atoms with Crippen LogP contribution in [-0.4, -0.2) is 75.6 Å². The van der Waals surface area contributed by atoms with Crippen LogP contribution in [0.4, 0.5) is 0 Å². The number of nitrogens with two attached hydrogens (primary N) is 1. The van der Waals surface area contributed by atoms with E-state index < -0.39 is 0 Å². The van der Waals surface area contributed by atoms with E-state index >= 15 is 0 Å². The molecule has 0 saturated carbocycles. The van der Waals surface area contributed by atoms with E-state index in [1.807, 2.05) is 58.6 Å². The quantitative estimate of drug-likeness (QED) is 0.131. The van der Waals surface area contributed by atoms with Crippen molar-refractivity contribution in [2.45, 2.75) is 107 Å². The first-order chi connectivity index (χ1) is 20.2. The van der Waals surface area contributed by atoms with Gasteiger partial charge in [-0.2, -0.15) is 0 Å². The van der Waals surface area contributed by atoms with Gasteiger partial charge in [0.1, 0.15) is 25.4 Å². The Bertz CT molecular complexity index is 686. The van der Waals surface area contributed by atoms with E-state index in [0.29, 0.717) is 18.6 Å². The number of nitrogens with zero attached hydrogens (tertiary/aromatic N) is 1. The molecule has 3 unspecified atom stereocenters. The van der Waals surface area contributed by atoms with E-state index in [9.17, 15) is 4.79 Å². The molecule has 9 nitrogen and oxygen atoms in total. The second-order valence-corrected chi connectivity index (χ2v) is 8.25. The highest BCUT2D eigenvalue weighted by Crippen LogP contribution is 2.14. The Morgan fingerprint density at radius 3 is 2.02 bits per heavy atom. The minimum Gasteiger partial charge on any atom is -0.490 e. The number of likely N-dealkylation sites (tertiary alicyclic amines) is 1. The van der Waals surface area contributed by atoms with Crippen LogP contribution in [0.15, 0.2) is 36.4 Å². The predicted octanol–water partition coefficient (Wildman–Crippen LogP) is 6.64. The van der Waals surface area contributed by atoms with E-state index in [1.54, 1.807) is 12.6 Å². The molecule has 4 N–H and O–H groups in total. The lowest BCUT2D eigenvalue weighted by molar-refractivity contribution is -0.133. The van der Waals surface area contributed by atoms with Crippen molar-refractivity contribution in [3.63, 3.8) is 0 Å². The SMILES string of the molecule is C=O.CC.CC.CC=O.CCC(C)/C=C\COc1cccc(C)c1.CCC(C)OC.CN.CN1CCCC1C(=O)NO. The molecule has 3 atom stereocenters. The molecule has 1 aromatic carbocycles. The van der Waals surface area contributed by atoms with Crippen LogP contribution >= 0.6 is 0 Å². The van der Waals surface area contributed by atoms with Crippen molar-refractivity contribution in [2.24, 2.45) is 11.7 Å². The number of carbonyl (C=O) groups excluding carboxylic acids is 3. The summed E-state index contributed by atoms with van der Waals surface area (Å²) in [7, 11) is 5.11. The molecule has 1 aromatic rings. The molecule has 1 heterocycles. The van der Waals surface area contributed by atoms with Crippen LogP contribution in [0.1, 0.15) is 93.6 Å². The highest BCUT2D eigenvalue weighted by molar-refractivity contribution is 5.80. The minimum atomic E-state index is -0.292. The molecule has 1 fully saturated rings. The van der Waals surface area contributed by atoms with Crippen LogP contribution in [0.3, 0.4) is 0 Å². The van der Waals surface area contributed by atoms with Crippen LogP contribution in [-0.2, 0) is 19.1 Å². The Morgan fingerprint density at radius 2 is 1.69 bits per heavy atom. The summed E-state index contributed by atoms with van der Waals surface area (Å²) < 4.78 is 10.5. The van der Waals surface area contributed by atoms with Crippen molar-refractivity contribution >= 4 is 19.0 Å². The fourth-order valence-corrected chi connectivity index (χ4v) is 2.76. The van der Waals surface area contributed by atoms with Crippen molar-refractivity contribution in [1.82, 2.24) is 10.4 Å². The molecule has 1 aliphatic rings. The van der Waals surface area contributed by atoms with Gasteiger partial charge in [0.15, 0.2) is 0 Å². The largest absolute Gasteiger partial charge is 0.490 e. The van der Waals surface area contributed by atoms with Gasteiger partial charge >= 0.3 is 0 Å². The minimum absolute atomic E-state index is 0.120. The lowest BCUT2D eigenvalue weighted by atomic mass is 10.1. The molecule has 2 rings (SSSR count). The average molecular weight is 602 g/mol. The predicted molar refractivity (Wildman–Crippen MR) is 179 cm³/mol. The lowest BCUT2D eigenvalue weighted by Crippen LogP contribution is -2.39. The molecule has 0 bridgehead atoms. The highest BCUT2D eigenvalue weighted by atomic mass is 16.5. The van der Waals surface area contributed by atoms with Gasteiger partial charge in [0.2, 0.25) is 0 Å². The summed E-state index contributed by atoms with van der Waals surface area (Å²) in [5, 5.41) is 8.29. The third-order valence-electron chi connectivity index (χ3n) is 5.35. The Kier molecular flexibility index (Phi) is 56.3. The number of hydrogen-bond donors (Lipinski definition) is 3. The molecular weight excluding hydrogens is 534 g/mol. The summed E-state index contributed by atoms with van der Waals surface area (Å²) in [4.78, 5) is 29.6. The normalized spacial score (nSPS) is 13.9. The van der Waals surface area contributed by atoms with Crippen LogP contribution in [0, 0.1) is 12.8 Å². The molecule has 42 heavy (non-hydrogen) atoms. The molecule has 1 aliphatic heterocycles. The fourth-order valence-electron chi connectivity index (χ4n) is 2.76. The Labute approximate surface area is 259 Å². The van der Waals surface area contributed by atoms with Crippen molar-refractivity contribution < 1.29 is 29.1 Å². The number of likely N-dealkylation sites (N-methyl/N-ethyl adjacent to an activating group) is 1. The van der Waals surface area contributed by atoms with Gasteiger partial charge in [-0.25, -0.2) is 5.48 Å². The molecule has 1 saturated heterocycles. The van der Waals surface area contributed by atoms with Gasteiger partial charge in [-0.3, -0.25) is 14.9 Å². The topological polar surface area (TPSA) is 131 Å². The van der Waals surface area contributed by atoms with E-state index in [0.717, 1.165) is 37.8 Å². The third-order valence-corrected chi connectivity index (χ3v) is 5.35. The number of allylic oxidation sites excluding steroid dienone is 1. The molecule has 250 valence electrons. The Balaban J connectivity index is -0.000000104. The zero-order valence-corrected chi connectivity index (χ0v) is 29.2. The number of methoxy groups -OCH3 is 1. The van der Waals surface area contributed by atoms with Gasteiger partial charge in [0, 0.05) is 7.11 Å². The summed E-state index contributed by atoms with van der Waals surface area (Å²) >= 11 is 0. The Morgan fingerprint density at radius 1 is 1.17 bits per heavy atom. The number of aldehydes is 1. The first kappa shape index (κ1) is 52.1. The average Bonchev–Trinajstić information content (AvgIpc) is 3.49. The molecule has 0 radical (unpaired) electrons. The first-order valence-electron chi connectivity index (χ1n) is 15.0. The lowest BCUT2D eigenvalue weighted by Gasteiger charge is -2.15. The number of nitrogens with one attached hydrogen (secondary N) is 1. The van der Waals surface area contributed by atoms with Crippen LogP contribution in [0.25, 0.3) is 0 Å². The molecular formula is C33H67N3O6. The van der Waals surface area contributed by atoms with Crippen molar-refractivity contribution in [3.05, 3.63) is 42.0 Å². The number of hydrogen-bond acceptors (Lipinski definition) is 8. The fraction of sp³-hybridized carbons (Fsp3) is 0.667. The maximum absolute atomic E-state index is 10.8. The molecule has 9 heteroatoms. The Hall–Kier alpha value is -2.59. The molecule has 0 aliphatic carbocycles. The number of amides is 1. The van der Waals surface area contributed by atoms with Gasteiger partial charge in [0.05, 0.1) is 12.1 Å². The molecule has 0 aromatic heterocycles. The second-order valence-electron chi connectivity index (χ2n) is 8.25. The van der Waals surface area contributed by atoms with Gasteiger partial charge < -0.3 is 24.8 Å². The van der Waals surface area contributed by atoms with Crippen LogP contribution in [0.5, 0.6) is 5.75 Å². The number of benzene rings is 1. The number of ether oxygens (including phenoxy) is 2. The van der Waals surface area contributed by atoms with Crippen LogP contribution < -0.4 is 16.0 Å². The zero-order chi connectivity index (χ0) is 34.4. The van der Waals surface area contributed by atoms with Gasteiger partial charge in [-0.1, -0.05) is 79.2 Å². The molecule has 0 spiro atoms. The van der Waals surface area contributed by atoms with Gasteiger partial charge in [-0.15, -0.1) is 0 Å². The van der Waals surface area contributed by atoms with E-state index in [4.69, 9.17) is 24.3 Å². The highest BCUT2D eigenvalue weighted by Gasteiger charge is 2.26. The monoisotopic (exact) mass is 602 g/mol. The standard InChI is InChI=1S/C14H20O.C6H12N2O2.C5H12O.C2H4O.2C2H6.CH5N.CH2O/c1-4-12(2)8-6-10-15-14-9-5-7-13(3)11-14;1-8-4-2-3-5(8)6(9)7-10;1-4-5(2)6-3;1-2-3;4*1-2/h5-9,11-12H,4,10H2,1-3H3;5,10H,2-4H2,1H3,(H,7,9);5H,4H2,1-3H3;2H,1H3;2*1-2H3;2H2,1H3;1H2/b8-6-;;;;;;;. The maximum atomic E-state index is 10.8. The second kappa shape index (κ2) is 45.4. The molecule has 1 amide bonds. The number of rotatable bonds is 8. The summed E-state index contributed by atoms with van der Waals surface area (Å²) in [5.74, 6) is 1.30. The van der Waals surface area contributed by atoms with Crippen LogP contribution in [0.2, 0.25) is 0 Å². The third kappa shape index (κ3) is 37.4. The van der Waals surface area contributed by atoms with Crippen molar-refractivity contribution in [1.29, 1.82) is 0 Å². The summed E-state index contributed by atoms with van der Waals surface area (Å²) in [6.07, 6.45) is 9.66. The summed E-state index contributed by atoms with van der Waals surface area (Å²) in [5.41, 5.74) is 7.39. The maximum Gasteiger partial charge on any atom is 0.260 e.